The lowest BCUT2D eigenvalue weighted by Gasteiger charge is -2.47. The van der Waals surface area contributed by atoms with Gasteiger partial charge in [0.15, 0.2) is 0 Å². The minimum atomic E-state index is 0.303. The average Bonchev–Trinajstić information content (AvgIpc) is 3.70. The fourth-order valence-corrected chi connectivity index (χ4v) is 12.2. The number of hydrogen-bond acceptors (Lipinski definition) is 3. The molecule has 7 atom stereocenters. The summed E-state index contributed by atoms with van der Waals surface area (Å²) in [6.45, 7) is 0. The lowest BCUT2D eigenvalue weighted by molar-refractivity contribution is 0.204. The molecule has 2 heterocycles. The summed E-state index contributed by atoms with van der Waals surface area (Å²) in [5.74, 6) is 3.51. The van der Waals surface area contributed by atoms with Gasteiger partial charge in [0, 0.05) is 51.0 Å². The third-order valence-corrected chi connectivity index (χ3v) is 14.3. The van der Waals surface area contributed by atoms with Crippen LogP contribution in [-0.2, 0) is 0 Å². The minimum absolute atomic E-state index is 0.303. The summed E-state index contributed by atoms with van der Waals surface area (Å²) < 4.78 is 6.69. The van der Waals surface area contributed by atoms with Gasteiger partial charge in [-0.25, -0.2) is 0 Å². The Hall–Kier alpha value is -3.17. The van der Waals surface area contributed by atoms with Gasteiger partial charge in [-0.15, -0.1) is 11.8 Å². The van der Waals surface area contributed by atoms with E-state index in [-0.39, 0.29) is 0 Å². The van der Waals surface area contributed by atoms with Gasteiger partial charge in [-0.05, 0) is 136 Å². The van der Waals surface area contributed by atoms with Crippen molar-refractivity contribution in [3.05, 3.63) is 124 Å². The van der Waals surface area contributed by atoms with Gasteiger partial charge >= 0.3 is 0 Å². The third-order valence-electron chi connectivity index (χ3n) is 12.9. The predicted molar refractivity (Wildman–Crippen MR) is 195 cm³/mol. The number of anilines is 1. The molecule has 47 heavy (non-hydrogen) atoms. The number of benzene rings is 2. The summed E-state index contributed by atoms with van der Waals surface area (Å²) in [5, 5.41) is 0.729. The Morgan fingerprint density at radius 3 is 2.72 bits per heavy atom. The van der Waals surface area contributed by atoms with Gasteiger partial charge in [0.25, 0.3) is 0 Å². The highest BCUT2D eigenvalue weighted by Gasteiger charge is 2.48. The van der Waals surface area contributed by atoms with Gasteiger partial charge in [0.05, 0.1) is 0 Å². The van der Waals surface area contributed by atoms with Crippen molar-refractivity contribution in [1.29, 1.82) is 0 Å². The van der Waals surface area contributed by atoms with Crippen LogP contribution in [0.25, 0.3) is 0 Å². The van der Waals surface area contributed by atoms with E-state index in [1.165, 1.54) is 81.2 Å². The van der Waals surface area contributed by atoms with Crippen LogP contribution >= 0.6 is 11.8 Å². The van der Waals surface area contributed by atoms with Gasteiger partial charge in [-0.3, -0.25) is 0 Å². The largest absolute Gasteiger partial charge is 0.489 e. The monoisotopic (exact) mass is 637 g/mol. The summed E-state index contributed by atoms with van der Waals surface area (Å²) in [6, 6.07) is 17.1. The Bertz CT molecular complexity index is 1790. The highest BCUT2D eigenvalue weighted by Crippen LogP contribution is 2.60. The van der Waals surface area contributed by atoms with E-state index in [1.54, 1.807) is 32.8 Å². The van der Waals surface area contributed by atoms with Crippen LogP contribution in [0.15, 0.2) is 118 Å². The second-order valence-electron chi connectivity index (χ2n) is 15.4. The maximum atomic E-state index is 6.69. The molecule has 0 aromatic heterocycles. The summed E-state index contributed by atoms with van der Waals surface area (Å²) in [4.78, 5) is 4.32. The highest BCUT2D eigenvalue weighted by molar-refractivity contribution is 8.00. The Morgan fingerprint density at radius 1 is 0.787 bits per heavy atom. The highest BCUT2D eigenvalue weighted by atomic mass is 32.2. The molecule has 2 aromatic rings. The van der Waals surface area contributed by atoms with Crippen LogP contribution in [0.2, 0.25) is 0 Å². The quantitative estimate of drug-likeness (QED) is 0.310. The number of fused-ring (bicyclic) bond motifs is 9. The molecule has 0 radical (unpaired) electrons. The molecule has 0 saturated heterocycles. The Morgan fingerprint density at radius 2 is 1.77 bits per heavy atom. The molecule has 8 aliphatic rings. The summed E-state index contributed by atoms with van der Waals surface area (Å²) >= 11 is 2.18. The van der Waals surface area contributed by atoms with Gasteiger partial charge in [0.2, 0.25) is 0 Å². The van der Waals surface area contributed by atoms with Crippen LogP contribution in [0.4, 0.5) is 5.69 Å². The molecule has 1 saturated carbocycles. The molecule has 0 bridgehead atoms. The molecule has 10 rings (SSSR count). The second kappa shape index (κ2) is 11.8. The van der Waals surface area contributed by atoms with E-state index >= 15 is 0 Å². The topological polar surface area (TPSA) is 12.5 Å². The zero-order chi connectivity index (χ0) is 30.9. The number of allylic oxidation sites excluding steroid dienone is 9. The fraction of sp³-hybridized carbons (Fsp3) is 0.455. The number of thioether (sulfide) groups is 1. The molecule has 0 amide bonds. The van der Waals surface area contributed by atoms with E-state index in [2.05, 4.69) is 102 Å². The second-order valence-corrected chi connectivity index (χ2v) is 16.7. The van der Waals surface area contributed by atoms with E-state index in [0.29, 0.717) is 35.8 Å². The molecule has 2 nitrogen and oxygen atoms in total. The van der Waals surface area contributed by atoms with Crippen molar-refractivity contribution < 1.29 is 4.74 Å². The standard InChI is InChI=1S/C44H47NOS/c1-2-9-28(10-3-1)31-11-8-12-32(25-31)45(34-22-23-36-35-13-4-6-15-39(35)46-40(36)27-34)33-21-19-29-17-18-30-20-24-42-44(43(30)38(29)26-33)37-14-5-7-16-41(37)47-42/h4-5,7,9,12-14,16-18,22-23,25,27,30,33,35,39,42-44H,1-3,6,8,10-11,15,19-21,24,26H2. The van der Waals surface area contributed by atoms with Gasteiger partial charge in [-0.2, -0.15) is 0 Å². The van der Waals surface area contributed by atoms with E-state index in [1.807, 2.05) is 0 Å². The lowest BCUT2D eigenvalue weighted by atomic mass is 9.61. The van der Waals surface area contributed by atoms with Crippen LogP contribution in [-0.4, -0.2) is 17.4 Å². The molecule has 0 N–H and O–H groups in total. The fourth-order valence-electron chi connectivity index (χ4n) is 10.7. The first kappa shape index (κ1) is 28.8. The van der Waals surface area contributed by atoms with Crippen LogP contribution in [0, 0.1) is 11.8 Å². The van der Waals surface area contributed by atoms with E-state index < -0.39 is 0 Å². The van der Waals surface area contributed by atoms with Crippen molar-refractivity contribution in [3.63, 3.8) is 0 Å². The molecule has 2 aromatic carbocycles. The summed E-state index contributed by atoms with van der Waals surface area (Å²) in [6.07, 6.45) is 33.9. The van der Waals surface area contributed by atoms with Gasteiger partial charge in [-0.1, -0.05) is 66.3 Å². The molecular formula is C44H47NOS. The van der Waals surface area contributed by atoms with Gasteiger partial charge < -0.3 is 9.64 Å². The minimum Gasteiger partial charge on any atom is -0.489 e. The SMILES string of the molecule is C1=CC2c3ccc(N(C4=CCCC(C5=CCCCC5)=C4)C4CCC5=C(C4)C4C(C=C5)CCC5Sc6ccccc6C54)cc3OC2CC1. The molecule has 240 valence electrons. The Labute approximate surface area is 285 Å². The first-order valence-electron chi connectivity index (χ1n) is 18.8. The van der Waals surface area contributed by atoms with E-state index in [9.17, 15) is 0 Å². The molecule has 0 spiro atoms. The van der Waals surface area contributed by atoms with Crippen molar-refractivity contribution >= 4 is 17.4 Å². The van der Waals surface area contributed by atoms with Crippen molar-refractivity contribution in [2.24, 2.45) is 11.8 Å². The number of rotatable bonds is 4. The van der Waals surface area contributed by atoms with Crippen LogP contribution in [0.5, 0.6) is 5.75 Å². The first-order valence-corrected chi connectivity index (χ1v) is 19.7. The predicted octanol–water partition coefficient (Wildman–Crippen LogP) is 11.5. The smallest absolute Gasteiger partial charge is 0.125 e. The number of nitrogens with zero attached hydrogens (tertiary/aromatic N) is 1. The zero-order valence-corrected chi connectivity index (χ0v) is 28.4. The van der Waals surface area contributed by atoms with Crippen molar-refractivity contribution in [2.45, 2.75) is 118 Å². The van der Waals surface area contributed by atoms with Gasteiger partial charge in [0.1, 0.15) is 11.9 Å². The molecule has 3 heteroatoms. The third kappa shape index (κ3) is 4.89. The Kier molecular flexibility index (Phi) is 7.21. The lowest BCUT2D eigenvalue weighted by Crippen LogP contribution is -2.41. The first-order chi connectivity index (χ1) is 23.3. The summed E-state index contributed by atoms with van der Waals surface area (Å²) in [5.41, 5.74) is 12.4. The van der Waals surface area contributed by atoms with Crippen LogP contribution < -0.4 is 9.64 Å². The molecule has 7 unspecified atom stereocenters. The molecule has 1 fully saturated rings. The van der Waals surface area contributed by atoms with Crippen molar-refractivity contribution in [2.75, 3.05) is 4.90 Å². The van der Waals surface area contributed by atoms with Crippen molar-refractivity contribution in [3.8, 4) is 5.75 Å². The normalized spacial score (nSPS) is 33.3. The zero-order valence-electron chi connectivity index (χ0n) is 27.6. The van der Waals surface area contributed by atoms with E-state index in [4.69, 9.17) is 4.74 Å². The summed E-state index contributed by atoms with van der Waals surface area (Å²) in [7, 11) is 0. The number of hydrogen-bond donors (Lipinski definition) is 0. The number of ether oxygens (including phenoxy) is 1. The van der Waals surface area contributed by atoms with Crippen molar-refractivity contribution in [1.82, 2.24) is 0 Å². The Balaban J connectivity index is 1.03. The maximum Gasteiger partial charge on any atom is 0.125 e. The van der Waals surface area contributed by atoms with Crippen LogP contribution in [0.3, 0.4) is 0 Å². The average molecular weight is 638 g/mol. The molecule has 6 aliphatic carbocycles. The van der Waals surface area contributed by atoms with Crippen LogP contribution in [0.1, 0.15) is 106 Å². The molecule has 2 aliphatic heterocycles. The van der Waals surface area contributed by atoms with E-state index in [0.717, 1.165) is 30.3 Å². The molecular weight excluding hydrogens is 591 g/mol. The maximum absolute atomic E-state index is 6.69.